The Bertz CT molecular complexity index is 508. The summed E-state index contributed by atoms with van der Waals surface area (Å²) in [6.07, 6.45) is 0. The van der Waals surface area contributed by atoms with Crippen LogP contribution in [0.2, 0.25) is 10.0 Å². The first-order valence-electron chi connectivity index (χ1n) is 6.86. The number of ether oxygens (including phenoxy) is 1. The molecular weight excluding hydrogens is 349 g/mol. The number of nitrogens with one attached hydrogen (secondary N) is 2. The Morgan fingerprint density at radius 3 is 2.59 bits per heavy atom. The van der Waals surface area contributed by atoms with E-state index in [1.54, 1.807) is 6.07 Å². The molecule has 8 heteroatoms. The van der Waals surface area contributed by atoms with E-state index in [9.17, 15) is 4.79 Å². The lowest BCUT2D eigenvalue weighted by molar-refractivity contribution is 0.0944. The standard InChI is InChI=1S/C14H19Cl2N3O2.ClH/c1-21-13-9-12(16)11(15)8-10(13)14(20)18-4-7-19-5-2-17-3-6-19;/h8-9,17H,2-7H2,1H3,(H,18,20);1H. The molecule has 0 bridgehead atoms. The SMILES string of the molecule is COc1cc(Cl)c(Cl)cc1C(=O)NCCN1CCNCC1.Cl. The predicted octanol–water partition coefficient (Wildman–Crippen LogP) is 2.06. The van der Waals surface area contributed by atoms with Crippen LogP contribution in [0, 0.1) is 0 Å². The topological polar surface area (TPSA) is 53.6 Å². The van der Waals surface area contributed by atoms with Crippen LogP contribution in [-0.4, -0.2) is 57.2 Å². The van der Waals surface area contributed by atoms with Crippen molar-refractivity contribution in [2.24, 2.45) is 0 Å². The molecule has 1 saturated heterocycles. The maximum absolute atomic E-state index is 12.2. The molecule has 0 saturated carbocycles. The number of amides is 1. The van der Waals surface area contributed by atoms with Gasteiger partial charge in [-0.05, 0) is 6.07 Å². The summed E-state index contributed by atoms with van der Waals surface area (Å²) in [5.41, 5.74) is 0.396. The lowest BCUT2D eigenvalue weighted by atomic mass is 10.2. The van der Waals surface area contributed by atoms with E-state index < -0.39 is 0 Å². The van der Waals surface area contributed by atoms with Crippen LogP contribution in [-0.2, 0) is 0 Å². The molecule has 1 aromatic rings. The van der Waals surface area contributed by atoms with Gasteiger partial charge in [0.2, 0.25) is 0 Å². The Hall–Kier alpha value is -0.720. The first-order valence-corrected chi connectivity index (χ1v) is 7.61. The summed E-state index contributed by atoms with van der Waals surface area (Å²) in [4.78, 5) is 14.5. The fraction of sp³-hybridized carbons (Fsp3) is 0.500. The fourth-order valence-corrected chi connectivity index (χ4v) is 2.55. The molecule has 0 atom stereocenters. The van der Waals surface area contributed by atoms with Crippen molar-refractivity contribution in [1.82, 2.24) is 15.5 Å². The molecule has 5 nitrogen and oxygen atoms in total. The lowest BCUT2D eigenvalue weighted by Gasteiger charge is -2.27. The van der Waals surface area contributed by atoms with Crippen molar-refractivity contribution >= 4 is 41.5 Å². The molecule has 1 aliphatic heterocycles. The first kappa shape index (κ1) is 19.3. The van der Waals surface area contributed by atoms with Crippen LogP contribution in [0.1, 0.15) is 10.4 Å². The molecule has 0 spiro atoms. The van der Waals surface area contributed by atoms with Gasteiger partial charge in [0.15, 0.2) is 0 Å². The monoisotopic (exact) mass is 367 g/mol. The minimum absolute atomic E-state index is 0. The van der Waals surface area contributed by atoms with E-state index in [1.165, 1.54) is 13.2 Å². The minimum Gasteiger partial charge on any atom is -0.496 e. The highest BCUT2D eigenvalue weighted by molar-refractivity contribution is 6.42. The van der Waals surface area contributed by atoms with Gasteiger partial charge in [0.05, 0.1) is 22.7 Å². The molecule has 2 rings (SSSR count). The summed E-state index contributed by atoms with van der Waals surface area (Å²) >= 11 is 11.9. The summed E-state index contributed by atoms with van der Waals surface area (Å²) in [5.74, 6) is 0.213. The Kier molecular flexibility index (Phi) is 8.28. The van der Waals surface area contributed by atoms with Crippen molar-refractivity contribution in [2.75, 3.05) is 46.4 Å². The van der Waals surface area contributed by atoms with E-state index >= 15 is 0 Å². The van der Waals surface area contributed by atoms with Crippen molar-refractivity contribution in [3.8, 4) is 5.75 Å². The second-order valence-electron chi connectivity index (χ2n) is 4.81. The number of methoxy groups -OCH3 is 1. The van der Waals surface area contributed by atoms with Crippen molar-refractivity contribution in [2.45, 2.75) is 0 Å². The highest BCUT2D eigenvalue weighted by Gasteiger charge is 2.16. The van der Waals surface area contributed by atoms with E-state index in [0.29, 0.717) is 27.9 Å². The molecule has 0 aromatic heterocycles. The van der Waals surface area contributed by atoms with Gasteiger partial charge < -0.3 is 15.4 Å². The van der Waals surface area contributed by atoms with Gasteiger partial charge in [0.1, 0.15) is 5.75 Å². The highest BCUT2D eigenvalue weighted by atomic mass is 35.5. The van der Waals surface area contributed by atoms with Gasteiger partial charge in [0.25, 0.3) is 5.91 Å². The summed E-state index contributed by atoms with van der Waals surface area (Å²) in [6.45, 7) is 5.42. The molecular formula is C14H20Cl3N3O2. The number of carbonyl (C=O) groups excluding carboxylic acids is 1. The maximum atomic E-state index is 12.2. The molecule has 1 aliphatic rings. The summed E-state index contributed by atoms with van der Waals surface area (Å²) in [6, 6.07) is 3.08. The van der Waals surface area contributed by atoms with E-state index in [-0.39, 0.29) is 18.3 Å². The van der Waals surface area contributed by atoms with Gasteiger partial charge in [-0.15, -0.1) is 12.4 Å². The highest BCUT2D eigenvalue weighted by Crippen LogP contribution is 2.30. The number of piperazine rings is 1. The van der Waals surface area contributed by atoms with Crippen molar-refractivity contribution in [3.05, 3.63) is 27.7 Å². The molecule has 0 aliphatic carbocycles. The second kappa shape index (κ2) is 9.43. The molecule has 1 heterocycles. The third-order valence-electron chi connectivity index (χ3n) is 3.41. The lowest BCUT2D eigenvalue weighted by Crippen LogP contribution is -2.46. The molecule has 0 radical (unpaired) electrons. The van der Waals surface area contributed by atoms with E-state index in [4.69, 9.17) is 27.9 Å². The van der Waals surface area contributed by atoms with Gasteiger partial charge in [0, 0.05) is 45.3 Å². The molecule has 124 valence electrons. The molecule has 1 fully saturated rings. The van der Waals surface area contributed by atoms with Crippen LogP contribution in [0.5, 0.6) is 5.75 Å². The van der Waals surface area contributed by atoms with E-state index in [0.717, 1.165) is 32.7 Å². The normalized spacial score (nSPS) is 15.0. The largest absolute Gasteiger partial charge is 0.496 e. The van der Waals surface area contributed by atoms with Crippen LogP contribution in [0.15, 0.2) is 12.1 Å². The number of nitrogens with zero attached hydrogens (tertiary/aromatic N) is 1. The quantitative estimate of drug-likeness (QED) is 0.835. The predicted molar refractivity (Wildman–Crippen MR) is 91.9 cm³/mol. The van der Waals surface area contributed by atoms with E-state index in [1.807, 2.05) is 0 Å². The Morgan fingerprint density at radius 1 is 1.32 bits per heavy atom. The van der Waals surface area contributed by atoms with Crippen LogP contribution in [0.4, 0.5) is 0 Å². The van der Waals surface area contributed by atoms with Gasteiger partial charge in [-0.2, -0.15) is 0 Å². The number of rotatable bonds is 5. The third-order valence-corrected chi connectivity index (χ3v) is 4.13. The Balaban J connectivity index is 0.00000242. The van der Waals surface area contributed by atoms with Crippen molar-refractivity contribution in [3.63, 3.8) is 0 Å². The van der Waals surface area contributed by atoms with E-state index in [2.05, 4.69) is 15.5 Å². The maximum Gasteiger partial charge on any atom is 0.255 e. The first-order chi connectivity index (χ1) is 10.1. The average Bonchev–Trinajstić information content (AvgIpc) is 2.50. The number of halogens is 3. The summed E-state index contributed by atoms with van der Waals surface area (Å²) < 4.78 is 5.18. The average molecular weight is 369 g/mol. The van der Waals surface area contributed by atoms with Crippen molar-refractivity contribution < 1.29 is 9.53 Å². The summed E-state index contributed by atoms with van der Waals surface area (Å²) in [5, 5.41) is 6.88. The molecule has 22 heavy (non-hydrogen) atoms. The minimum atomic E-state index is -0.208. The second-order valence-corrected chi connectivity index (χ2v) is 5.63. The van der Waals surface area contributed by atoms with Crippen LogP contribution in [0.3, 0.4) is 0 Å². The molecule has 2 N–H and O–H groups in total. The Labute approximate surface area is 146 Å². The smallest absolute Gasteiger partial charge is 0.255 e. The van der Waals surface area contributed by atoms with Crippen LogP contribution in [0.25, 0.3) is 0 Å². The fourth-order valence-electron chi connectivity index (χ4n) is 2.23. The van der Waals surface area contributed by atoms with Crippen LogP contribution >= 0.6 is 35.6 Å². The van der Waals surface area contributed by atoms with Crippen LogP contribution < -0.4 is 15.4 Å². The number of hydrogen-bond acceptors (Lipinski definition) is 4. The van der Waals surface area contributed by atoms with Gasteiger partial charge >= 0.3 is 0 Å². The zero-order valence-corrected chi connectivity index (χ0v) is 14.7. The zero-order chi connectivity index (χ0) is 15.2. The number of carbonyl (C=O) groups is 1. The molecule has 0 unspecified atom stereocenters. The number of hydrogen-bond donors (Lipinski definition) is 2. The number of benzene rings is 1. The van der Waals surface area contributed by atoms with Gasteiger partial charge in [-0.3, -0.25) is 9.69 Å². The van der Waals surface area contributed by atoms with Crippen molar-refractivity contribution in [1.29, 1.82) is 0 Å². The van der Waals surface area contributed by atoms with Gasteiger partial charge in [-0.25, -0.2) is 0 Å². The third kappa shape index (κ3) is 5.18. The molecule has 1 aromatic carbocycles. The summed E-state index contributed by atoms with van der Waals surface area (Å²) in [7, 11) is 1.50. The van der Waals surface area contributed by atoms with Gasteiger partial charge in [-0.1, -0.05) is 23.2 Å². The zero-order valence-electron chi connectivity index (χ0n) is 12.3. The Morgan fingerprint density at radius 2 is 1.95 bits per heavy atom. The molecule has 1 amide bonds.